The summed E-state index contributed by atoms with van der Waals surface area (Å²) in [6.07, 6.45) is 0. The van der Waals surface area contributed by atoms with Crippen LogP contribution in [-0.4, -0.2) is 9.97 Å². The molecule has 0 aliphatic rings. The molecule has 3 heteroatoms. The topological polar surface area (TPSA) is 35.0 Å². The van der Waals surface area contributed by atoms with E-state index in [2.05, 4.69) is 23.0 Å². The van der Waals surface area contributed by atoms with Crippen molar-refractivity contribution in [3.8, 4) is 11.6 Å². The molecule has 0 bridgehead atoms. The van der Waals surface area contributed by atoms with E-state index in [1.54, 1.807) is 0 Å². The number of fused-ring (bicyclic) bond motifs is 1. The van der Waals surface area contributed by atoms with E-state index >= 15 is 0 Å². The normalized spacial score (nSPS) is 10.8. The predicted molar refractivity (Wildman–Crippen MR) is 80.3 cm³/mol. The first kappa shape index (κ1) is 12.6. The Morgan fingerprint density at radius 1 is 0.850 bits per heavy atom. The standard InChI is InChI=1S/C17H16N2O/c1-11-8-9-16(12(2)10-11)20-17-13(3)18-14-6-4-5-7-15(14)19-17/h4-10H,1-3H3. The maximum Gasteiger partial charge on any atom is 0.241 e. The van der Waals surface area contributed by atoms with Gasteiger partial charge in [-0.15, -0.1) is 0 Å². The Labute approximate surface area is 118 Å². The zero-order valence-corrected chi connectivity index (χ0v) is 11.8. The molecule has 1 aromatic heterocycles. The van der Waals surface area contributed by atoms with Gasteiger partial charge in [-0.2, -0.15) is 0 Å². The van der Waals surface area contributed by atoms with Crippen LogP contribution in [0.15, 0.2) is 42.5 Å². The molecule has 2 aromatic carbocycles. The summed E-state index contributed by atoms with van der Waals surface area (Å²) in [5.41, 5.74) is 4.84. The van der Waals surface area contributed by atoms with Gasteiger partial charge in [-0.1, -0.05) is 29.8 Å². The summed E-state index contributed by atoms with van der Waals surface area (Å²) in [6.45, 7) is 6.02. The van der Waals surface area contributed by atoms with Crippen LogP contribution in [0, 0.1) is 20.8 Å². The van der Waals surface area contributed by atoms with Crippen molar-refractivity contribution in [2.24, 2.45) is 0 Å². The van der Waals surface area contributed by atoms with Crippen LogP contribution in [0.1, 0.15) is 16.8 Å². The van der Waals surface area contributed by atoms with Gasteiger partial charge in [0.05, 0.1) is 11.0 Å². The molecule has 0 amide bonds. The fourth-order valence-corrected chi connectivity index (χ4v) is 2.19. The van der Waals surface area contributed by atoms with Crippen LogP contribution in [-0.2, 0) is 0 Å². The van der Waals surface area contributed by atoms with Crippen molar-refractivity contribution in [1.82, 2.24) is 9.97 Å². The number of aromatic nitrogens is 2. The first-order valence-corrected chi connectivity index (χ1v) is 6.62. The minimum absolute atomic E-state index is 0.565. The van der Waals surface area contributed by atoms with Crippen LogP contribution in [0.4, 0.5) is 0 Å². The van der Waals surface area contributed by atoms with E-state index in [4.69, 9.17) is 4.74 Å². The molecule has 1 heterocycles. The molecule has 0 saturated carbocycles. The number of benzene rings is 2. The molecule has 0 aliphatic heterocycles. The maximum atomic E-state index is 5.93. The maximum absolute atomic E-state index is 5.93. The Bertz CT molecular complexity index is 781. The summed E-state index contributed by atoms with van der Waals surface area (Å²) in [6, 6.07) is 13.9. The lowest BCUT2D eigenvalue weighted by Crippen LogP contribution is -1.97. The third-order valence-electron chi connectivity index (χ3n) is 3.24. The van der Waals surface area contributed by atoms with Gasteiger partial charge in [0.2, 0.25) is 5.88 Å². The Balaban J connectivity index is 2.03. The van der Waals surface area contributed by atoms with Gasteiger partial charge in [0, 0.05) is 0 Å². The SMILES string of the molecule is Cc1ccc(Oc2nc3ccccc3nc2C)c(C)c1. The molecule has 0 fully saturated rings. The van der Waals surface area contributed by atoms with Crippen LogP contribution >= 0.6 is 0 Å². The number of hydrogen-bond donors (Lipinski definition) is 0. The third kappa shape index (κ3) is 2.35. The Hall–Kier alpha value is -2.42. The molecular formula is C17H16N2O. The summed E-state index contributed by atoms with van der Waals surface area (Å²) in [5.74, 6) is 1.39. The Kier molecular flexibility index (Phi) is 3.11. The molecule has 100 valence electrons. The van der Waals surface area contributed by atoms with Crippen LogP contribution in [0.5, 0.6) is 11.6 Å². The van der Waals surface area contributed by atoms with Crippen molar-refractivity contribution in [2.45, 2.75) is 20.8 Å². The molecule has 0 N–H and O–H groups in total. The van der Waals surface area contributed by atoms with Crippen molar-refractivity contribution < 1.29 is 4.74 Å². The zero-order chi connectivity index (χ0) is 14.1. The second-order valence-corrected chi connectivity index (χ2v) is 4.97. The lowest BCUT2D eigenvalue weighted by molar-refractivity contribution is 0.454. The second kappa shape index (κ2) is 4.93. The number of para-hydroxylation sites is 2. The molecule has 0 radical (unpaired) electrons. The monoisotopic (exact) mass is 264 g/mol. The Morgan fingerprint density at radius 2 is 1.55 bits per heavy atom. The number of ether oxygens (including phenoxy) is 1. The van der Waals surface area contributed by atoms with E-state index in [0.717, 1.165) is 28.0 Å². The van der Waals surface area contributed by atoms with Gasteiger partial charge < -0.3 is 4.74 Å². The van der Waals surface area contributed by atoms with Crippen LogP contribution in [0.2, 0.25) is 0 Å². The van der Waals surface area contributed by atoms with Gasteiger partial charge in [0.15, 0.2) is 0 Å². The van der Waals surface area contributed by atoms with Gasteiger partial charge in [0.25, 0.3) is 0 Å². The average molecular weight is 264 g/mol. The molecule has 0 spiro atoms. The van der Waals surface area contributed by atoms with Gasteiger partial charge in [-0.05, 0) is 44.5 Å². The van der Waals surface area contributed by atoms with Crippen LogP contribution in [0.25, 0.3) is 11.0 Å². The smallest absolute Gasteiger partial charge is 0.241 e. The van der Waals surface area contributed by atoms with Crippen molar-refractivity contribution in [2.75, 3.05) is 0 Å². The van der Waals surface area contributed by atoms with Gasteiger partial charge in [0.1, 0.15) is 11.4 Å². The van der Waals surface area contributed by atoms with E-state index in [1.165, 1.54) is 5.56 Å². The molecule has 3 nitrogen and oxygen atoms in total. The highest BCUT2D eigenvalue weighted by Crippen LogP contribution is 2.27. The third-order valence-corrected chi connectivity index (χ3v) is 3.24. The van der Waals surface area contributed by atoms with Crippen LogP contribution in [0.3, 0.4) is 0 Å². The highest BCUT2D eigenvalue weighted by molar-refractivity contribution is 5.74. The van der Waals surface area contributed by atoms with Gasteiger partial charge >= 0.3 is 0 Å². The first-order chi connectivity index (χ1) is 9.63. The Morgan fingerprint density at radius 3 is 2.25 bits per heavy atom. The lowest BCUT2D eigenvalue weighted by atomic mass is 10.1. The van der Waals surface area contributed by atoms with Crippen molar-refractivity contribution in [3.63, 3.8) is 0 Å². The second-order valence-electron chi connectivity index (χ2n) is 4.97. The molecule has 0 atom stereocenters. The minimum Gasteiger partial charge on any atom is -0.437 e. The lowest BCUT2D eigenvalue weighted by Gasteiger charge is -2.11. The molecule has 3 aromatic rings. The van der Waals surface area contributed by atoms with E-state index in [-0.39, 0.29) is 0 Å². The summed E-state index contributed by atoms with van der Waals surface area (Å²) in [4.78, 5) is 9.08. The van der Waals surface area contributed by atoms with Gasteiger partial charge in [-0.25, -0.2) is 9.97 Å². The van der Waals surface area contributed by atoms with Crippen LogP contribution < -0.4 is 4.74 Å². The molecule has 0 unspecified atom stereocenters. The fraction of sp³-hybridized carbons (Fsp3) is 0.176. The predicted octanol–water partition coefficient (Wildman–Crippen LogP) is 4.35. The highest BCUT2D eigenvalue weighted by Gasteiger charge is 2.08. The quantitative estimate of drug-likeness (QED) is 0.690. The average Bonchev–Trinajstić information content (AvgIpc) is 2.42. The molecule has 3 rings (SSSR count). The largest absolute Gasteiger partial charge is 0.437 e. The van der Waals surface area contributed by atoms with E-state index in [0.29, 0.717) is 5.88 Å². The summed E-state index contributed by atoms with van der Waals surface area (Å²) < 4.78 is 5.93. The molecule has 20 heavy (non-hydrogen) atoms. The molecule has 0 saturated heterocycles. The highest BCUT2D eigenvalue weighted by atomic mass is 16.5. The fourth-order valence-electron chi connectivity index (χ4n) is 2.19. The zero-order valence-electron chi connectivity index (χ0n) is 11.8. The number of hydrogen-bond acceptors (Lipinski definition) is 3. The van der Waals surface area contributed by atoms with Crippen molar-refractivity contribution >= 4 is 11.0 Å². The molecule has 0 aliphatic carbocycles. The van der Waals surface area contributed by atoms with Crippen molar-refractivity contribution in [1.29, 1.82) is 0 Å². The number of nitrogens with zero attached hydrogens (tertiary/aromatic N) is 2. The molecular weight excluding hydrogens is 248 g/mol. The van der Waals surface area contributed by atoms with E-state index < -0.39 is 0 Å². The number of rotatable bonds is 2. The summed E-state index contributed by atoms with van der Waals surface area (Å²) in [7, 11) is 0. The summed E-state index contributed by atoms with van der Waals surface area (Å²) in [5, 5.41) is 0. The number of aryl methyl sites for hydroxylation is 3. The van der Waals surface area contributed by atoms with Crippen molar-refractivity contribution in [3.05, 3.63) is 59.3 Å². The summed E-state index contributed by atoms with van der Waals surface area (Å²) >= 11 is 0. The van der Waals surface area contributed by atoms with Gasteiger partial charge in [-0.3, -0.25) is 0 Å². The first-order valence-electron chi connectivity index (χ1n) is 6.62. The minimum atomic E-state index is 0.565. The van der Waals surface area contributed by atoms with E-state index in [1.807, 2.05) is 50.2 Å². The van der Waals surface area contributed by atoms with E-state index in [9.17, 15) is 0 Å².